The molecule has 4 heteroatoms. The van der Waals surface area contributed by atoms with Gasteiger partial charge in [-0.3, -0.25) is 0 Å². The molecule has 0 radical (unpaired) electrons. The number of nitrogens with one attached hydrogen (secondary N) is 1. The van der Waals surface area contributed by atoms with Crippen molar-refractivity contribution < 1.29 is 14.3 Å². The Morgan fingerprint density at radius 1 is 1.10 bits per heavy atom. The maximum absolute atomic E-state index is 12.1. The molecule has 106 valence electrons. The highest BCUT2D eigenvalue weighted by atomic mass is 16.6. The minimum absolute atomic E-state index is 0.323. The SMILES string of the molecule is O=C(OC(=O)[C@H]1C[C@H]2CCCCC2N1)c1ccccc1. The molecule has 1 unspecified atom stereocenters. The fraction of sp³-hybridized carbons (Fsp3) is 0.500. The average molecular weight is 273 g/mol. The zero-order chi connectivity index (χ0) is 13.9. The molecule has 0 aromatic heterocycles. The summed E-state index contributed by atoms with van der Waals surface area (Å²) in [5, 5.41) is 3.32. The van der Waals surface area contributed by atoms with Gasteiger partial charge in [0.05, 0.1) is 5.56 Å². The van der Waals surface area contributed by atoms with Crippen molar-refractivity contribution in [3.8, 4) is 0 Å². The summed E-state index contributed by atoms with van der Waals surface area (Å²) in [6, 6.07) is 8.73. The number of rotatable bonds is 2. The molecule has 1 saturated heterocycles. The third-order valence-electron chi connectivity index (χ3n) is 4.35. The van der Waals surface area contributed by atoms with Crippen LogP contribution in [0.4, 0.5) is 0 Å². The molecular formula is C16H19NO3. The van der Waals surface area contributed by atoms with Gasteiger partial charge in [-0.15, -0.1) is 0 Å². The first-order valence-electron chi connectivity index (χ1n) is 7.31. The standard InChI is InChI=1S/C16H19NO3/c18-15(11-6-2-1-3-7-11)20-16(19)14-10-12-8-4-5-9-13(12)17-14/h1-3,6-7,12-14,17H,4-5,8-10H2/t12-,13?,14-/m1/s1. The lowest BCUT2D eigenvalue weighted by atomic mass is 9.85. The highest BCUT2D eigenvalue weighted by Crippen LogP contribution is 2.33. The van der Waals surface area contributed by atoms with Gasteiger partial charge in [-0.2, -0.15) is 0 Å². The van der Waals surface area contributed by atoms with Crippen LogP contribution in [0, 0.1) is 5.92 Å². The van der Waals surface area contributed by atoms with Crippen molar-refractivity contribution in [2.75, 3.05) is 0 Å². The maximum atomic E-state index is 12.1. The Kier molecular flexibility index (Phi) is 3.83. The second-order valence-electron chi connectivity index (χ2n) is 5.68. The van der Waals surface area contributed by atoms with Crippen molar-refractivity contribution in [2.45, 2.75) is 44.2 Å². The smallest absolute Gasteiger partial charge is 0.345 e. The molecule has 3 rings (SSSR count). The van der Waals surface area contributed by atoms with E-state index in [1.807, 2.05) is 6.07 Å². The Morgan fingerprint density at radius 3 is 2.60 bits per heavy atom. The summed E-state index contributed by atoms with van der Waals surface area (Å²) in [4.78, 5) is 23.9. The number of ether oxygens (including phenoxy) is 1. The lowest BCUT2D eigenvalue weighted by Crippen LogP contribution is -2.38. The molecule has 3 atom stereocenters. The lowest BCUT2D eigenvalue weighted by molar-refractivity contribution is -0.140. The van der Waals surface area contributed by atoms with Crippen LogP contribution >= 0.6 is 0 Å². The van der Waals surface area contributed by atoms with E-state index in [-0.39, 0.29) is 6.04 Å². The molecule has 2 fully saturated rings. The second kappa shape index (κ2) is 5.75. The molecule has 1 aliphatic heterocycles. The van der Waals surface area contributed by atoms with Gasteiger partial charge in [0.1, 0.15) is 6.04 Å². The van der Waals surface area contributed by atoms with Gasteiger partial charge in [-0.1, -0.05) is 31.0 Å². The van der Waals surface area contributed by atoms with Gasteiger partial charge in [-0.05, 0) is 37.3 Å². The summed E-state index contributed by atoms with van der Waals surface area (Å²) in [6.45, 7) is 0. The summed E-state index contributed by atoms with van der Waals surface area (Å²) in [6.07, 6.45) is 5.56. The fourth-order valence-electron chi connectivity index (χ4n) is 3.30. The largest absolute Gasteiger partial charge is 0.388 e. The van der Waals surface area contributed by atoms with E-state index in [9.17, 15) is 9.59 Å². The van der Waals surface area contributed by atoms with Crippen molar-refractivity contribution in [3.63, 3.8) is 0 Å². The minimum atomic E-state index is -0.563. The summed E-state index contributed by atoms with van der Waals surface area (Å²) in [5.74, 6) is -0.436. The predicted octanol–water partition coefficient (Wildman–Crippen LogP) is 2.29. The molecule has 1 aromatic carbocycles. The van der Waals surface area contributed by atoms with Crippen LogP contribution in [0.1, 0.15) is 42.5 Å². The Hall–Kier alpha value is -1.68. The van der Waals surface area contributed by atoms with Crippen LogP contribution in [-0.2, 0) is 9.53 Å². The van der Waals surface area contributed by atoms with Crippen LogP contribution in [0.15, 0.2) is 30.3 Å². The van der Waals surface area contributed by atoms with Crippen molar-refractivity contribution in [2.24, 2.45) is 5.92 Å². The van der Waals surface area contributed by atoms with Gasteiger partial charge in [0, 0.05) is 6.04 Å². The van der Waals surface area contributed by atoms with Gasteiger partial charge >= 0.3 is 11.9 Å². The zero-order valence-corrected chi connectivity index (χ0v) is 11.4. The first-order chi connectivity index (χ1) is 9.74. The minimum Gasteiger partial charge on any atom is -0.388 e. The van der Waals surface area contributed by atoms with Gasteiger partial charge in [-0.25, -0.2) is 9.59 Å². The number of fused-ring (bicyclic) bond motifs is 1. The molecule has 0 bridgehead atoms. The Balaban J connectivity index is 1.59. The maximum Gasteiger partial charge on any atom is 0.345 e. The summed E-state index contributed by atoms with van der Waals surface area (Å²) in [5.41, 5.74) is 0.413. The summed E-state index contributed by atoms with van der Waals surface area (Å²) >= 11 is 0. The average Bonchev–Trinajstić information content (AvgIpc) is 2.92. The zero-order valence-electron chi connectivity index (χ0n) is 11.4. The first-order valence-corrected chi connectivity index (χ1v) is 7.31. The van der Waals surface area contributed by atoms with E-state index in [1.54, 1.807) is 24.3 Å². The van der Waals surface area contributed by atoms with E-state index in [2.05, 4.69) is 5.32 Å². The Labute approximate surface area is 118 Å². The Morgan fingerprint density at radius 2 is 1.85 bits per heavy atom. The number of benzene rings is 1. The van der Waals surface area contributed by atoms with E-state index < -0.39 is 11.9 Å². The molecule has 20 heavy (non-hydrogen) atoms. The van der Waals surface area contributed by atoms with E-state index >= 15 is 0 Å². The van der Waals surface area contributed by atoms with Crippen molar-refractivity contribution >= 4 is 11.9 Å². The number of hydrogen-bond acceptors (Lipinski definition) is 4. The molecule has 4 nitrogen and oxygen atoms in total. The molecule has 1 aliphatic carbocycles. The number of hydrogen-bond donors (Lipinski definition) is 1. The third kappa shape index (κ3) is 2.75. The molecule has 0 spiro atoms. The van der Waals surface area contributed by atoms with Gasteiger partial charge in [0.25, 0.3) is 0 Å². The van der Waals surface area contributed by atoms with Crippen LogP contribution in [0.5, 0.6) is 0 Å². The van der Waals surface area contributed by atoms with E-state index in [0.717, 1.165) is 12.8 Å². The van der Waals surface area contributed by atoms with Crippen molar-refractivity contribution in [3.05, 3.63) is 35.9 Å². The topological polar surface area (TPSA) is 55.4 Å². The second-order valence-corrected chi connectivity index (χ2v) is 5.68. The highest BCUT2D eigenvalue weighted by molar-refractivity contribution is 5.98. The van der Waals surface area contributed by atoms with Gasteiger partial charge < -0.3 is 10.1 Å². The predicted molar refractivity (Wildman–Crippen MR) is 74.2 cm³/mol. The number of esters is 2. The lowest BCUT2D eigenvalue weighted by Gasteiger charge is -2.24. The normalized spacial score (nSPS) is 28.7. The van der Waals surface area contributed by atoms with Crippen LogP contribution in [0.25, 0.3) is 0 Å². The van der Waals surface area contributed by atoms with Gasteiger partial charge in [0.15, 0.2) is 0 Å². The summed E-state index contributed by atoms with van der Waals surface area (Å²) < 4.78 is 4.99. The van der Waals surface area contributed by atoms with Crippen LogP contribution in [0.3, 0.4) is 0 Å². The molecule has 2 aliphatic rings. The highest BCUT2D eigenvalue weighted by Gasteiger charge is 2.39. The van der Waals surface area contributed by atoms with Crippen molar-refractivity contribution in [1.29, 1.82) is 0 Å². The van der Waals surface area contributed by atoms with E-state index in [0.29, 0.717) is 17.5 Å². The fourth-order valence-corrected chi connectivity index (χ4v) is 3.30. The molecule has 1 aromatic rings. The van der Waals surface area contributed by atoms with Crippen LogP contribution < -0.4 is 5.32 Å². The molecular weight excluding hydrogens is 254 g/mol. The molecule has 1 heterocycles. The van der Waals surface area contributed by atoms with E-state index in [4.69, 9.17) is 4.74 Å². The Bertz CT molecular complexity index is 486. The quantitative estimate of drug-likeness (QED) is 0.663. The monoisotopic (exact) mass is 273 g/mol. The van der Waals surface area contributed by atoms with Crippen LogP contribution in [-0.4, -0.2) is 24.0 Å². The number of carbonyl (C=O) groups excluding carboxylic acids is 2. The van der Waals surface area contributed by atoms with Crippen LogP contribution in [0.2, 0.25) is 0 Å². The molecule has 1 N–H and O–H groups in total. The van der Waals surface area contributed by atoms with Crippen molar-refractivity contribution in [1.82, 2.24) is 5.32 Å². The van der Waals surface area contributed by atoms with E-state index in [1.165, 1.54) is 19.3 Å². The first kappa shape index (κ1) is 13.3. The van der Waals surface area contributed by atoms with Gasteiger partial charge in [0.2, 0.25) is 0 Å². The molecule has 0 amide bonds. The number of carbonyl (C=O) groups is 2. The summed E-state index contributed by atoms with van der Waals surface area (Å²) in [7, 11) is 0. The molecule has 1 saturated carbocycles. The third-order valence-corrected chi connectivity index (χ3v) is 4.35.